The number of para-hydroxylation sites is 3. The number of benzene rings is 5. The number of nitrogens with zero attached hydrogens (tertiary/aromatic N) is 5. The maximum atomic E-state index is 5.25. The van der Waals surface area contributed by atoms with Crippen molar-refractivity contribution in [2.24, 2.45) is 0 Å². The molecule has 43 heavy (non-hydrogen) atoms. The molecule has 0 unspecified atom stereocenters. The molecule has 0 spiro atoms. The Morgan fingerprint density at radius 3 is 2.16 bits per heavy atom. The van der Waals surface area contributed by atoms with Crippen molar-refractivity contribution in [3.63, 3.8) is 0 Å². The third kappa shape index (κ3) is 3.72. The lowest BCUT2D eigenvalue weighted by Crippen LogP contribution is -2.03. The number of fused-ring (bicyclic) bond motifs is 6. The van der Waals surface area contributed by atoms with Gasteiger partial charge >= 0.3 is 0 Å². The largest absolute Gasteiger partial charge is 0.278 e. The summed E-state index contributed by atoms with van der Waals surface area (Å²) in [5.74, 6) is 0.637. The predicted octanol–water partition coefficient (Wildman–Crippen LogP) is 9.16. The van der Waals surface area contributed by atoms with Gasteiger partial charge in [0, 0.05) is 45.1 Å². The fourth-order valence-corrected chi connectivity index (χ4v) is 6.26. The normalized spacial score (nSPS) is 11.7. The van der Waals surface area contributed by atoms with Crippen LogP contribution < -0.4 is 0 Å². The van der Waals surface area contributed by atoms with Crippen LogP contribution in [-0.4, -0.2) is 24.5 Å². The average Bonchev–Trinajstić information content (AvgIpc) is 3.39. The van der Waals surface area contributed by atoms with Gasteiger partial charge in [-0.15, -0.1) is 0 Å². The smallest absolute Gasteiger partial charge is 0.235 e. The summed E-state index contributed by atoms with van der Waals surface area (Å²) in [6.07, 6.45) is 3.74. The minimum absolute atomic E-state index is 0.637. The molecule has 0 aliphatic carbocycles. The second-order valence-electron chi connectivity index (χ2n) is 10.8. The first kappa shape index (κ1) is 23.7. The lowest BCUT2D eigenvalue weighted by atomic mass is 10.0. The van der Waals surface area contributed by atoms with Crippen LogP contribution in [0.1, 0.15) is 0 Å². The second-order valence-corrected chi connectivity index (χ2v) is 10.8. The van der Waals surface area contributed by atoms with E-state index in [1.807, 2.05) is 36.7 Å². The quantitative estimate of drug-likeness (QED) is 0.220. The third-order valence-corrected chi connectivity index (χ3v) is 8.28. The predicted molar refractivity (Wildman–Crippen MR) is 175 cm³/mol. The van der Waals surface area contributed by atoms with Crippen molar-refractivity contribution in [1.29, 1.82) is 0 Å². The Bertz CT molecular complexity index is 2510. The average molecular weight is 550 g/mol. The zero-order valence-electron chi connectivity index (χ0n) is 23.0. The number of hydrogen-bond acceptors (Lipinski definition) is 4. The molecule has 0 atom stereocenters. The van der Waals surface area contributed by atoms with Gasteiger partial charge in [0.2, 0.25) is 5.95 Å². The van der Waals surface area contributed by atoms with Crippen molar-refractivity contribution in [3.8, 4) is 28.5 Å². The van der Waals surface area contributed by atoms with Crippen LogP contribution in [0.4, 0.5) is 0 Å². The van der Waals surface area contributed by atoms with E-state index < -0.39 is 0 Å². The molecular weight excluding hydrogens is 526 g/mol. The second kappa shape index (κ2) is 9.29. The molecule has 5 nitrogen and oxygen atoms in total. The number of hydrogen-bond donors (Lipinski definition) is 0. The van der Waals surface area contributed by atoms with Crippen LogP contribution in [0.25, 0.3) is 82.8 Å². The molecule has 0 N–H and O–H groups in total. The van der Waals surface area contributed by atoms with E-state index in [4.69, 9.17) is 15.0 Å². The van der Waals surface area contributed by atoms with E-state index in [-0.39, 0.29) is 0 Å². The number of rotatable bonds is 3. The van der Waals surface area contributed by atoms with Crippen LogP contribution >= 0.6 is 0 Å². The molecule has 0 fully saturated rings. The van der Waals surface area contributed by atoms with E-state index in [1.54, 1.807) is 0 Å². The zero-order chi connectivity index (χ0) is 28.3. The molecule has 0 aliphatic heterocycles. The Kier molecular flexibility index (Phi) is 5.13. The van der Waals surface area contributed by atoms with Gasteiger partial charge < -0.3 is 0 Å². The van der Waals surface area contributed by atoms with Crippen LogP contribution in [0.3, 0.4) is 0 Å². The summed E-state index contributed by atoms with van der Waals surface area (Å²) in [4.78, 5) is 19.9. The zero-order valence-corrected chi connectivity index (χ0v) is 23.0. The Balaban J connectivity index is 1.27. The van der Waals surface area contributed by atoms with Gasteiger partial charge in [0.25, 0.3) is 0 Å². The minimum Gasteiger partial charge on any atom is -0.278 e. The Morgan fingerprint density at radius 2 is 1.28 bits per heavy atom. The molecule has 5 heteroatoms. The van der Waals surface area contributed by atoms with Gasteiger partial charge in [0.1, 0.15) is 0 Å². The molecule has 5 aromatic carbocycles. The fourth-order valence-electron chi connectivity index (χ4n) is 6.26. The highest BCUT2D eigenvalue weighted by atomic mass is 15.2. The molecule has 0 amide bonds. The monoisotopic (exact) mass is 549 g/mol. The maximum Gasteiger partial charge on any atom is 0.235 e. The van der Waals surface area contributed by atoms with E-state index in [0.29, 0.717) is 5.95 Å². The lowest BCUT2D eigenvalue weighted by Gasteiger charge is -2.12. The van der Waals surface area contributed by atoms with Crippen molar-refractivity contribution in [2.75, 3.05) is 0 Å². The van der Waals surface area contributed by atoms with Crippen molar-refractivity contribution in [3.05, 3.63) is 140 Å². The SMILES string of the molecule is c1ccc2cc3c(cc2c1)c1ccccc1n3-c1nc(-c2ccc(-c3cccc4cccnc34)nc2)c2ccccc2n1. The molecule has 0 saturated carbocycles. The van der Waals surface area contributed by atoms with E-state index in [1.165, 1.54) is 21.5 Å². The number of pyridine rings is 2. The van der Waals surface area contributed by atoms with Gasteiger partial charge in [0.15, 0.2) is 0 Å². The van der Waals surface area contributed by atoms with Crippen molar-refractivity contribution in [1.82, 2.24) is 24.5 Å². The van der Waals surface area contributed by atoms with E-state index in [0.717, 1.165) is 55.4 Å². The van der Waals surface area contributed by atoms with E-state index in [2.05, 4.69) is 113 Å². The lowest BCUT2D eigenvalue weighted by molar-refractivity contribution is 1.01. The topological polar surface area (TPSA) is 56.5 Å². The van der Waals surface area contributed by atoms with Crippen molar-refractivity contribution >= 4 is 54.4 Å². The Labute approximate surface area is 246 Å². The maximum absolute atomic E-state index is 5.25. The highest BCUT2D eigenvalue weighted by Gasteiger charge is 2.18. The highest BCUT2D eigenvalue weighted by molar-refractivity contribution is 6.13. The molecule has 0 saturated heterocycles. The first-order valence-corrected chi connectivity index (χ1v) is 14.3. The van der Waals surface area contributed by atoms with Gasteiger partial charge in [-0.3, -0.25) is 14.5 Å². The molecule has 4 aromatic heterocycles. The summed E-state index contributed by atoms with van der Waals surface area (Å²) in [5, 5.41) is 6.84. The van der Waals surface area contributed by atoms with Crippen LogP contribution in [0.2, 0.25) is 0 Å². The molecule has 200 valence electrons. The Hall–Kier alpha value is -5.94. The molecule has 0 aliphatic rings. The van der Waals surface area contributed by atoms with Gasteiger partial charge in [-0.1, -0.05) is 84.9 Å². The fraction of sp³-hybridized carbons (Fsp3) is 0. The van der Waals surface area contributed by atoms with Crippen molar-refractivity contribution < 1.29 is 0 Å². The molecule has 0 radical (unpaired) electrons. The standard InChI is InChI=1S/C38H23N5/c1-2-10-26-22-35-31(21-25(26)9-1)28-13-4-6-17-34(28)43(35)38-41-33-16-5-3-14-30(33)37(42-38)27-18-19-32(40-23-27)29-15-7-11-24-12-8-20-39-36(24)29/h1-23H. The van der Waals surface area contributed by atoms with Gasteiger partial charge in [-0.05, 0) is 53.2 Å². The summed E-state index contributed by atoms with van der Waals surface area (Å²) < 4.78 is 2.19. The number of aromatic nitrogens is 5. The van der Waals surface area contributed by atoms with E-state index in [9.17, 15) is 0 Å². The van der Waals surface area contributed by atoms with Crippen LogP contribution in [0, 0.1) is 0 Å². The van der Waals surface area contributed by atoms with Crippen LogP contribution in [0.5, 0.6) is 0 Å². The molecule has 9 rings (SSSR count). The minimum atomic E-state index is 0.637. The highest BCUT2D eigenvalue weighted by Crippen LogP contribution is 2.36. The van der Waals surface area contributed by atoms with Gasteiger partial charge in [-0.2, -0.15) is 0 Å². The first-order chi connectivity index (χ1) is 21.3. The van der Waals surface area contributed by atoms with Crippen LogP contribution in [0.15, 0.2) is 140 Å². The Morgan fingerprint density at radius 1 is 0.512 bits per heavy atom. The van der Waals surface area contributed by atoms with Gasteiger partial charge in [-0.25, -0.2) is 9.97 Å². The van der Waals surface area contributed by atoms with E-state index >= 15 is 0 Å². The van der Waals surface area contributed by atoms with Gasteiger partial charge in [0.05, 0.1) is 33.5 Å². The summed E-state index contributed by atoms with van der Waals surface area (Å²) >= 11 is 0. The summed E-state index contributed by atoms with van der Waals surface area (Å²) in [6.45, 7) is 0. The molecule has 0 bridgehead atoms. The van der Waals surface area contributed by atoms with Crippen LogP contribution in [-0.2, 0) is 0 Å². The first-order valence-electron chi connectivity index (χ1n) is 14.3. The molecule has 4 heterocycles. The summed E-state index contributed by atoms with van der Waals surface area (Å²) in [5.41, 5.74) is 7.65. The third-order valence-electron chi connectivity index (χ3n) is 8.28. The van der Waals surface area contributed by atoms with Crippen molar-refractivity contribution in [2.45, 2.75) is 0 Å². The summed E-state index contributed by atoms with van der Waals surface area (Å²) in [6, 6.07) is 44.1. The molecule has 9 aromatic rings. The summed E-state index contributed by atoms with van der Waals surface area (Å²) in [7, 11) is 0. The molecular formula is C38H23N5.